The molecule has 3 rings (SSSR count). The molecule has 0 saturated carbocycles. The van der Waals surface area contributed by atoms with E-state index in [2.05, 4.69) is 15.4 Å². The van der Waals surface area contributed by atoms with Crippen molar-refractivity contribution in [3.63, 3.8) is 0 Å². The minimum absolute atomic E-state index is 0.0533. The van der Waals surface area contributed by atoms with Crippen LogP contribution in [-0.4, -0.2) is 33.7 Å². The van der Waals surface area contributed by atoms with Gasteiger partial charge < -0.3 is 15.8 Å². The van der Waals surface area contributed by atoms with E-state index in [1.165, 1.54) is 11.3 Å². The zero-order valence-corrected chi connectivity index (χ0v) is 14.1. The first-order valence-electron chi connectivity index (χ1n) is 7.65. The highest BCUT2D eigenvalue weighted by atomic mass is 32.1. The lowest BCUT2D eigenvalue weighted by atomic mass is 10.1. The van der Waals surface area contributed by atoms with Crippen LogP contribution in [-0.2, 0) is 11.2 Å². The Morgan fingerprint density at radius 1 is 1.42 bits per heavy atom. The van der Waals surface area contributed by atoms with Gasteiger partial charge in [-0.05, 0) is 24.6 Å². The van der Waals surface area contributed by atoms with E-state index >= 15 is 0 Å². The van der Waals surface area contributed by atoms with Gasteiger partial charge in [0.2, 0.25) is 10.9 Å². The Hall–Kier alpha value is -2.45. The fraction of sp³-hybridized carbons (Fsp3) is 0.312. The van der Waals surface area contributed by atoms with Gasteiger partial charge in [0.1, 0.15) is 17.9 Å². The summed E-state index contributed by atoms with van der Waals surface area (Å²) >= 11 is 1.46. The highest BCUT2D eigenvalue weighted by Gasteiger charge is 2.14. The van der Waals surface area contributed by atoms with Gasteiger partial charge in [-0.2, -0.15) is 5.10 Å². The second-order valence-corrected chi connectivity index (χ2v) is 6.19. The van der Waals surface area contributed by atoms with Gasteiger partial charge in [0.05, 0.1) is 24.4 Å². The lowest BCUT2D eigenvalue weighted by Crippen LogP contribution is -2.28. The van der Waals surface area contributed by atoms with Gasteiger partial charge in [0.15, 0.2) is 0 Å². The van der Waals surface area contributed by atoms with Gasteiger partial charge in [0, 0.05) is 6.54 Å². The predicted molar refractivity (Wildman–Crippen MR) is 92.1 cm³/mol. The molecule has 0 fully saturated rings. The lowest BCUT2D eigenvalue weighted by molar-refractivity contribution is -0.121. The largest absolute Gasteiger partial charge is 0.492 e. The van der Waals surface area contributed by atoms with Gasteiger partial charge in [-0.3, -0.25) is 4.79 Å². The number of benzene rings is 1. The first kappa shape index (κ1) is 16.4. The lowest BCUT2D eigenvalue weighted by Gasteiger charge is -2.11. The molecule has 2 aromatic heterocycles. The quantitative estimate of drug-likeness (QED) is 0.677. The average Bonchev–Trinajstić information content (AvgIpc) is 3.15. The van der Waals surface area contributed by atoms with Crippen LogP contribution < -0.4 is 15.8 Å². The van der Waals surface area contributed by atoms with E-state index in [1.807, 2.05) is 37.4 Å². The Kier molecular flexibility index (Phi) is 5.07. The number of fused-ring (bicyclic) bond motifs is 1. The second kappa shape index (κ2) is 7.41. The Bertz CT molecular complexity index is 783. The first-order chi connectivity index (χ1) is 11.7. The van der Waals surface area contributed by atoms with Crippen molar-refractivity contribution in [2.45, 2.75) is 19.4 Å². The zero-order chi connectivity index (χ0) is 16.9. The number of carbonyl (C=O) groups is 1. The minimum atomic E-state index is -0.168. The van der Waals surface area contributed by atoms with Crippen LogP contribution in [0, 0.1) is 0 Å². The van der Waals surface area contributed by atoms with Crippen molar-refractivity contribution < 1.29 is 9.53 Å². The summed E-state index contributed by atoms with van der Waals surface area (Å²) in [7, 11) is 0. The first-order valence-corrected chi connectivity index (χ1v) is 8.53. The Labute approximate surface area is 143 Å². The molecule has 3 N–H and O–H groups in total. The van der Waals surface area contributed by atoms with Crippen LogP contribution in [0.25, 0.3) is 4.96 Å². The molecule has 2 heterocycles. The maximum atomic E-state index is 12.2. The van der Waals surface area contributed by atoms with E-state index in [9.17, 15) is 4.79 Å². The van der Waals surface area contributed by atoms with Crippen molar-refractivity contribution in [1.29, 1.82) is 0 Å². The van der Waals surface area contributed by atoms with Crippen molar-refractivity contribution in [1.82, 2.24) is 19.9 Å². The fourth-order valence-corrected chi connectivity index (χ4v) is 2.91. The van der Waals surface area contributed by atoms with E-state index in [0.717, 1.165) is 22.0 Å². The second-order valence-electron chi connectivity index (χ2n) is 5.38. The Morgan fingerprint density at radius 3 is 2.92 bits per heavy atom. The molecule has 8 heteroatoms. The standard InChI is InChI=1S/C16H19N5O2S/c1-11(14-9-21-16(20-14)24-10-18-21)19-15(22)8-12-2-4-13(5-3-12)23-7-6-17/h2-5,9-11H,6-8,17H2,1H3,(H,19,22)/t11-/m0/s1. The van der Waals surface area contributed by atoms with Crippen LogP contribution in [0.1, 0.15) is 24.2 Å². The molecule has 0 spiro atoms. The van der Waals surface area contributed by atoms with E-state index in [1.54, 1.807) is 10.0 Å². The summed E-state index contributed by atoms with van der Waals surface area (Å²) in [5, 5.41) is 7.10. The molecule has 0 radical (unpaired) electrons. The molecule has 3 aromatic rings. The van der Waals surface area contributed by atoms with Gasteiger partial charge >= 0.3 is 0 Å². The fourth-order valence-electron chi connectivity index (χ4n) is 2.30. The Morgan fingerprint density at radius 2 is 2.21 bits per heavy atom. The molecule has 0 bridgehead atoms. The van der Waals surface area contributed by atoms with Crippen LogP contribution in [0.15, 0.2) is 36.0 Å². The smallest absolute Gasteiger partial charge is 0.224 e. The topological polar surface area (TPSA) is 94.5 Å². The van der Waals surface area contributed by atoms with Gasteiger partial charge in [-0.15, -0.1) is 0 Å². The number of nitrogens with one attached hydrogen (secondary N) is 1. The molecule has 1 aromatic carbocycles. The SMILES string of the molecule is C[C@H](NC(=O)Cc1ccc(OCCN)cc1)c1cn2ncsc2n1. The molecule has 24 heavy (non-hydrogen) atoms. The molecule has 0 saturated heterocycles. The number of hydrogen-bond acceptors (Lipinski definition) is 6. The summed E-state index contributed by atoms with van der Waals surface area (Å²) in [6, 6.07) is 7.28. The third-order valence-electron chi connectivity index (χ3n) is 3.50. The molecule has 126 valence electrons. The molecule has 0 aliphatic rings. The van der Waals surface area contributed by atoms with E-state index < -0.39 is 0 Å². The van der Waals surface area contributed by atoms with Crippen molar-refractivity contribution in [2.24, 2.45) is 5.73 Å². The van der Waals surface area contributed by atoms with E-state index in [0.29, 0.717) is 19.6 Å². The number of rotatable bonds is 7. The molecular formula is C16H19N5O2S. The van der Waals surface area contributed by atoms with Crippen LogP contribution in [0.3, 0.4) is 0 Å². The summed E-state index contributed by atoms with van der Waals surface area (Å²) in [5.74, 6) is 0.700. The third kappa shape index (κ3) is 3.90. The van der Waals surface area contributed by atoms with Crippen molar-refractivity contribution >= 4 is 22.2 Å². The minimum Gasteiger partial charge on any atom is -0.492 e. The third-order valence-corrected chi connectivity index (χ3v) is 4.19. The summed E-state index contributed by atoms with van der Waals surface area (Å²) in [5.41, 5.74) is 8.85. The van der Waals surface area contributed by atoms with Crippen molar-refractivity contribution in [3.05, 3.63) is 47.2 Å². The maximum Gasteiger partial charge on any atom is 0.224 e. The number of nitrogens with zero attached hydrogens (tertiary/aromatic N) is 3. The predicted octanol–water partition coefficient (Wildman–Crippen LogP) is 1.55. The zero-order valence-electron chi connectivity index (χ0n) is 13.3. The average molecular weight is 345 g/mol. The number of imidazole rings is 1. The number of amides is 1. The number of aromatic nitrogens is 3. The summed E-state index contributed by atoms with van der Waals surface area (Å²) in [6.45, 7) is 2.87. The van der Waals surface area contributed by atoms with Crippen LogP contribution >= 0.6 is 11.3 Å². The van der Waals surface area contributed by atoms with Crippen molar-refractivity contribution in [3.8, 4) is 5.75 Å². The number of carbonyl (C=O) groups excluding carboxylic acids is 1. The summed E-state index contributed by atoms with van der Waals surface area (Å²) in [4.78, 5) is 17.5. The molecule has 0 aliphatic carbocycles. The van der Waals surface area contributed by atoms with Gasteiger partial charge in [-0.1, -0.05) is 23.5 Å². The van der Waals surface area contributed by atoms with Gasteiger partial charge in [0.25, 0.3) is 0 Å². The highest BCUT2D eigenvalue weighted by molar-refractivity contribution is 7.14. The summed E-state index contributed by atoms with van der Waals surface area (Å²) < 4.78 is 7.13. The normalized spacial score (nSPS) is 12.2. The summed E-state index contributed by atoms with van der Waals surface area (Å²) in [6.07, 6.45) is 2.14. The molecule has 1 amide bonds. The molecule has 0 aliphatic heterocycles. The Balaban J connectivity index is 1.55. The maximum absolute atomic E-state index is 12.2. The van der Waals surface area contributed by atoms with Crippen LogP contribution in [0.5, 0.6) is 5.75 Å². The molecule has 7 nitrogen and oxygen atoms in total. The number of hydrogen-bond donors (Lipinski definition) is 2. The van der Waals surface area contributed by atoms with Gasteiger partial charge in [-0.25, -0.2) is 9.50 Å². The highest BCUT2D eigenvalue weighted by Crippen LogP contribution is 2.16. The van der Waals surface area contributed by atoms with Crippen LogP contribution in [0.2, 0.25) is 0 Å². The van der Waals surface area contributed by atoms with E-state index in [-0.39, 0.29) is 11.9 Å². The molecule has 0 unspecified atom stereocenters. The van der Waals surface area contributed by atoms with Crippen LogP contribution in [0.4, 0.5) is 0 Å². The van der Waals surface area contributed by atoms with E-state index in [4.69, 9.17) is 10.5 Å². The molecular weight excluding hydrogens is 326 g/mol. The van der Waals surface area contributed by atoms with Crippen molar-refractivity contribution in [2.75, 3.05) is 13.2 Å². The molecule has 1 atom stereocenters. The monoisotopic (exact) mass is 345 g/mol. The number of ether oxygens (including phenoxy) is 1. The number of nitrogens with two attached hydrogens (primary N) is 1.